The number of para-hydroxylation sites is 1. The van der Waals surface area contributed by atoms with Crippen LogP contribution in [0.25, 0.3) is 5.57 Å². The van der Waals surface area contributed by atoms with E-state index in [1.54, 1.807) is 9.80 Å². The molecule has 2 aromatic carbocycles. The minimum atomic E-state index is -0.192. The molecule has 4 rings (SSSR count). The summed E-state index contributed by atoms with van der Waals surface area (Å²) in [5.41, 5.74) is 2.84. The molecule has 2 heterocycles. The molecule has 1 fully saturated rings. The van der Waals surface area contributed by atoms with Gasteiger partial charge in [-0.15, -0.1) is 0 Å². The molecule has 1 saturated heterocycles. The Morgan fingerprint density at radius 2 is 1.72 bits per heavy atom. The first-order valence-corrected chi connectivity index (χ1v) is 11.1. The molecule has 2 aliphatic heterocycles. The van der Waals surface area contributed by atoms with Crippen LogP contribution in [0.1, 0.15) is 30.9 Å². The summed E-state index contributed by atoms with van der Waals surface area (Å²) in [5, 5.41) is 0.608. The van der Waals surface area contributed by atoms with Gasteiger partial charge in [-0.25, -0.2) is 0 Å². The van der Waals surface area contributed by atoms with Gasteiger partial charge in [0.05, 0.1) is 22.7 Å². The number of carbonyl (C=O) groups is 2. The molecule has 29 heavy (non-hydrogen) atoms. The predicted octanol–water partition coefficient (Wildman–Crippen LogP) is 5.26. The van der Waals surface area contributed by atoms with Gasteiger partial charge in [0, 0.05) is 17.1 Å². The first-order valence-electron chi connectivity index (χ1n) is 9.45. The van der Waals surface area contributed by atoms with Gasteiger partial charge in [-0.05, 0) is 24.1 Å². The van der Waals surface area contributed by atoms with E-state index in [-0.39, 0.29) is 11.8 Å². The maximum absolute atomic E-state index is 13.4. The second kappa shape index (κ2) is 8.30. The molecule has 0 spiro atoms. The second-order valence-electron chi connectivity index (χ2n) is 6.88. The van der Waals surface area contributed by atoms with Gasteiger partial charge in [0.1, 0.15) is 4.32 Å². The zero-order valence-electron chi connectivity index (χ0n) is 15.9. The van der Waals surface area contributed by atoms with Crippen molar-refractivity contribution in [1.82, 2.24) is 4.90 Å². The van der Waals surface area contributed by atoms with Gasteiger partial charge in [0.25, 0.3) is 11.8 Å². The Morgan fingerprint density at radius 1 is 1.00 bits per heavy atom. The van der Waals surface area contributed by atoms with Gasteiger partial charge in [0.15, 0.2) is 0 Å². The number of thioether (sulfide) groups is 1. The summed E-state index contributed by atoms with van der Waals surface area (Å²) in [4.78, 5) is 30.2. The van der Waals surface area contributed by atoms with Crippen LogP contribution in [-0.4, -0.2) is 27.6 Å². The molecule has 0 saturated carbocycles. The average Bonchev–Trinajstić information content (AvgIpc) is 3.15. The van der Waals surface area contributed by atoms with Crippen LogP contribution in [0, 0.1) is 0 Å². The number of rotatable bonds is 5. The fraction of sp³-hybridized carbons (Fsp3) is 0.227. The lowest BCUT2D eigenvalue weighted by Crippen LogP contribution is -2.30. The Hall–Kier alpha value is -2.15. The Morgan fingerprint density at radius 3 is 2.48 bits per heavy atom. The number of nitrogens with zero attached hydrogens (tertiary/aromatic N) is 2. The normalized spacial score (nSPS) is 18.8. The molecule has 2 amide bonds. The molecule has 2 aliphatic rings. The lowest BCUT2D eigenvalue weighted by molar-refractivity contribution is -0.122. The third-order valence-electron chi connectivity index (χ3n) is 5.02. The summed E-state index contributed by atoms with van der Waals surface area (Å²) in [6.07, 6.45) is 1.84. The van der Waals surface area contributed by atoms with Crippen LogP contribution in [0.15, 0.2) is 53.4 Å². The largest absolute Gasteiger partial charge is 0.303 e. The topological polar surface area (TPSA) is 40.6 Å². The first kappa shape index (κ1) is 20.1. The van der Waals surface area contributed by atoms with Gasteiger partial charge >= 0.3 is 0 Å². The summed E-state index contributed by atoms with van der Waals surface area (Å²) in [6.45, 7) is 2.99. The monoisotopic (exact) mass is 442 g/mol. The second-order valence-corrected chi connectivity index (χ2v) is 8.93. The van der Waals surface area contributed by atoms with E-state index in [1.807, 2.05) is 48.5 Å². The Bertz CT molecular complexity index is 1050. The van der Waals surface area contributed by atoms with Gasteiger partial charge in [-0.3, -0.25) is 14.5 Å². The molecule has 148 valence electrons. The van der Waals surface area contributed by atoms with E-state index in [0.29, 0.717) is 32.9 Å². The zero-order chi connectivity index (χ0) is 20.5. The van der Waals surface area contributed by atoms with Crippen molar-refractivity contribution in [2.24, 2.45) is 0 Å². The number of halogens is 1. The van der Waals surface area contributed by atoms with Crippen molar-refractivity contribution in [3.8, 4) is 0 Å². The molecule has 0 N–H and O–H groups in total. The molecule has 0 unspecified atom stereocenters. The van der Waals surface area contributed by atoms with Gasteiger partial charge in [-0.1, -0.05) is 85.3 Å². The number of unbranched alkanes of at least 4 members (excludes halogenated alkanes) is 1. The van der Waals surface area contributed by atoms with Crippen LogP contribution in [0.5, 0.6) is 0 Å². The van der Waals surface area contributed by atoms with E-state index < -0.39 is 0 Å². The van der Waals surface area contributed by atoms with Crippen molar-refractivity contribution in [2.75, 3.05) is 11.4 Å². The van der Waals surface area contributed by atoms with Crippen molar-refractivity contribution in [2.45, 2.75) is 26.3 Å². The van der Waals surface area contributed by atoms with Crippen molar-refractivity contribution in [1.29, 1.82) is 0 Å². The molecule has 4 nitrogen and oxygen atoms in total. The highest BCUT2D eigenvalue weighted by molar-refractivity contribution is 8.26. The standard InChI is InChI=1S/C22H19ClN2O2S2/c1-2-3-12-24-21(27)19(29-22(24)28)18-15-9-5-7-11-17(15)25(20(18)26)13-14-8-4-6-10-16(14)23/h4-11H,2-3,12-13H2,1H3. The Kier molecular flexibility index (Phi) is 5.76. The van der Waals surface area contributed by atoms with Gasteiger partial charge in [-0.2, -0.15) is 0 Å². The molecular weight excluding hydrogens is 424 g/mol. The summed E-state index contributed by atoms with van der Waals surface area (Å²) in [5.74, 6) is -0.367. The summed E-state index contributed by atoms with van der Waals surface area (Å²) < 4.78 is 0.515. The van der Waals surface area contributed by atoms with E-state index in [0.717, 1.165) is 29.7 Å². The zero-order valence-corrected chi connectivity index (χ0v) is 18.2. The molecule has 2 aromatic rings. The molecule has 0 atom stereocenters. The number of benzene rings is 2. The number of carbonyl (C=O) groups excluding carboxylic acids is 2. The number of fused-ring (bicyclic) bond motifs is 1. The summed E-state index contributed by atoms with van der Waals surface area (Å²) >= 11 is 13.0. The van der Waals surface area contributed by atoms with Crippen molar-refractivity contribution in [3.63, 3.8) is 0 Å². The Labute approximate surface area is 184 Å². The quantitative estimate of drug-likeness (QED) is 0.468. The lowest BCUT2D eigenvalue weighted by atomic mass is 10.1. The average molecular weight is 443 g/mol. The number of anilines is 1. The minimum absolute atomic E-state index is 0.175. The molecular formula is C22H19ClN2O2S2. The molecule has 0 aromatic heterocycles. The molecule has 7 heteroatoms. The lowest BCUT2D eigenvalue weighted by Gasteiger charge is -2.18. The minimum Gasteiger partial charge on any atom is -0.303 e. The number of hydrogen-bond donors (Lipinski definition) is 0. The van der Waals surface area contributed by atoms with Crippen LogP contribution in [0.4, 0.5) is 5.69 Å². The highest BCUT2D eigenvalue weighted by Gasteiger charge is 2.41. The van der Waals surface area contributed by atoms with E-state index >= 15 is 0 Å². The van der Waals surface area contributed by atoms with E-state index in [9.17, 15) is 9.59 Å². The highest BCUT2D eigenvalue weighted by atomic mass is 35.5. The smallest absolute Gasteiger partial charge is 0.267 e. The van der Waals surface area contributed by atoms with Crippen molar-refractivity contribution < 1.29 is 9.59 Å². The fourth-order valence-electron chi connectivity index (χ4n) is 3.51. The summed E-state index contributed by atoms with van der Waals surface area (Å²) in [7, 11) is 0. The van der Waals surface area contributed by atoms with Crippen LogP contribution >= 0.6 is 35.6 Å². The van der Waals surface area contributed by atoms with Crippen LogP contribution in [-0.2, 0) is 16.1 Å². The van der Waals surface area contributed by atoms with Crippen LogP contribution < -0.4 is 4.90 Å². The maximum atomic E-state index is 13.4. The van der Waals surface area contributed by atoms with Gasteiger partial charge in [0.2, 0.25) is 0 Å². The SMILES string of the molecule is CCCCN1C(=O)C(=C2C(=O)N(Cc3ccccc3Cl)c3ccccc32)SC1=S. The molecule has 0 aliphatic carbocycles. The summed E-state index contributed by atoms with van der Waals surface area (Å²) in [6, 6.07) is 15.0. The van der Waals surface area contributed by atoms with Crippen molar-refractivity contribution >= 4 is 63.0 Å². The van der Waals surface area contributed by atoms with E-state index in [4.69, 9.17) is 23.8 Å². The number of amides is 2. The van der Waals surface area contributed by atoms with Crippen LogP contribution in [0.3, 0.4) is 0 Å². The first-order chi connectivity index (χ1) is 14.0. The Balaban J connectivity index is 1.75. The fourth-order valence-corrected chi connectivity index (χ4v) is 5.09. The number of hydrogen-bond acceptors (Lipinski definition) is 4. The predicted molar refractivity (Wildman–Crippen MR) is 123 cm³/mol. The molecule has 0 bridgehead atoms. The highest BCUT2D eigenvalue weighted by Crippen LogP contribution is 2.45. The van der Waals surface area contributed by atoms with Crippen LogP contribution in [0.2, 0.25) is 5.02 Å². The van der Waals surface area contributed by atoms with E-state index in [1.165, 1.54) is 11.8 Å². The number of thiocarbonyl (C=S) groups is 1. The third-order valence-corrected chi connectivity index (χ3v) is 6.84. The van der Waals surface area contributed by atoms with E-state index in [2.05, 4.69) is 6.92 Å². The molecule has 0 radical (unpaired) electrons. The van der Waals surface area contributed by atoms with Gasteiger partial charge < -0.3 is 4.90 Å². The van der Waals surface area contributed by atoms with Crippen molar-refractivity contribution in [3.05, 3.63) is 69.6 Å². The third kappa shape index (κ3) is 3.61. The maximum Gasteiger partial charge on any atom is 0.267 e.